The lowest BCUT2D eigenvalue weighted by Crippen LogP contribution is -2.27. The van der Waals surface area contributed by atoms with E-state index in [4.69, 9.17) is 0 Å². The number of nitrogens with zero attached hydrogens (tertiary/aromatic N) is 1. The zero-order valence-electron chi connectivity index (χ0n) is 12.5. The molecule has 18 heavy (non-hydrogen) atoms. The van der Waals surface area contributed by atoms with Gasteiger partial charge in [-0.1, -0.05) is 32.9 Å². The summed E-state index contributed by atoms with van der Waals surface area (Å²) >= 11 is 0. The number of hydrogen-bond donors (Lipinski definition) is 1. The van der Waals surface area contributed by atoms with Crippen LogP contribution in [0.4, 0.5) is 5.69 Å². The van der Waals surface area contributed by atoms with Crippen LogP contribution in [0.5, 0.6) is 0 Å². The van der Waals surface area contributed by atoms with Crippen LogP contribution in [0.25, 0.3) is 0 Å². The first-order valence-corrected chi connectivity index (χ1v) is 7.07. The minimum Gasteiger partial charge on any atom is -0.372 e. The zero-order chi connectivity index (χ0) is 13.5. The maximum absolute atomic E-state index is 3.47. The molecule has 0 heterocycles. The highest BCUT2D eigenvalue weighted by Crippen LogP contribution is 2.17. The molecule has 0 radical (unpaired) electrons. The molecule has 1 aromatic rings. The topological polar surface area (TPSA) is 15.3 Å². The van der Waals surface area contributed by atoms with E-state index in [0.717, 1.165) is 13.1 Å². The van der Waals surface area contributed by atoms with E-state index in [1.807, 2.05) is 0 Å². The second-order valence-corrected chi connectivity index (χ2v) is 5.56. The van der Waals surface area contributed by atoms with Gasteiger partial charge >= 0.3 is 0 Å². The number of rotatable bonds is 7. The Bertz CT molecular complexity index is 329. The quantitative estimate of drug-likeness (QED) is 0.792. The fourth-order valence-corrected chi connectivity index (χ4v) is 1.88. The molecule has 1 aromatic carbocycles. The summed E-state index contributed by atoms with van der Waals surface area (Å²) in [4.78, 5) is 2.34. The largest absolute Gasteiger partial charge is 0.372 e. The molecule has 0 spiro atoms. The minimum absolute atomic E-state index is 0.593. The van der Waals surface area contributed by atoms with Gasteiger partial charge in [0.05, 0.1) is 0 Å². The molecule has 1 atom stereocenters. The highest BCUT2D eigenvalue weighted by atomic mass is 15.1. The maximum Gasteiger partial charge on any atom is 0.0366 e. The van der Waals surface area contributed by atoms with E-state index < -0.39 is 0 Å². The Balaban J connectivity index is 2.52. The molecule has 2 nitrogen and oxygen atoms in total. The van der Waals surface area contributed by atoms with Gasteiger partial charge in [0.25, 0.3) is 0 Å². The van der Waals surface area contributed by atoms with Gasteiger partial charge in [-0.15, -0.1) is 0 Å². The highest BCUT2D eigenvalue weighted by molar-refractivity contribution is 5.47. The Morgan fingerprint density at radius 2 is 1.72 bits per heavy atom. The SMILES string of the molecule is CCC(C)N(C)c1ccc(CNCC(C)C)cc1. The molecule has 0 aliphatic carbocycles. The Hall–Kier alpha value is -1.02. The number of hydrogen-bond acceptors (Lipinski definition) is 2. The van der Waals surface area contributed by atoms with Gasteiger partial charge in [-0.3, -0.25) is 0 Å². The smallest absolute Gasteiger partial charge is 0.0366 e. The summed E-state index contributed by atoms with van der Waals surface area (Å²) in [5, 5.41) is 3.47. The lowest BCUT2D eigenvalue weighted by Gasteiger charge is -2.26. The van der Waals surface area contributed by atoms with Gasteiger partial charge in [0.2, 0.25) is 0 Å². The second-order valence-electron chi connectivity index (χ2n) is 5.56. The van der Waals surface area contributed by atoms with Crippen molar-refractivity contribution in [3.8, 4) is 0 Å². The Morgan fingerprint density at radius 1 is 1.11 bits per heavy atom. The van der Waals surface area contributed by atoms with Gasteiger partial charge in [0.15, 0.2) is 0 Å². The lowest BCUT2D eigenvalue weighted by atomic mass is 10.1. The molecular weight excluding hydrogens is 220 g/mol. The predicted octanol–water partition coefficient (Wildman–Crippen LogP) is 3.67. The molecule has 0 fully saturated rings. The summed E-state index contributed by atoms with van der Waals surface area (Å²) in [6, 6.07) is 9.48. The molecule has 2 heteroatoms. The third kappa shape index (κ3) is 4.69. The average Bonchev–Trinajstić information content (AvgIpc) is 2.37. The summed E-state index contributed by atoms with van der Waals surface area (Å²) in [7, 11) is 2.17. The van der Waals surface area contributed by atoms with Crippen molar-refractivity contribution in [3.63, 3.8) is 0 Å². The van der Waals surface area contributed by atoms with E-state index in [2.05, 4.69) is 69.2 Å². The molecular formula is C16H28N2. The number of nitrogens with one attached hydrogen (secondary N) is 1. The van der Waals surface area contributed by atoms with E-state index in [9.17, 15) is 0 Å². The van der Waals surface area contributed by atoms with E-state index in [1.54, 1.807) is 0 Å². The number of anilines is 1. The summed E-state index contributed by atoms with van der Waals surface area (Å²) in [6.07, 6.45) is 1.17. The first kappa shape index (κ1) is 15.0. The Morgan fingerprint density at radius 3 is 2.22 bits per heavy atom. The third-order valence-corrected chi connectivity index (χ3v) is 3.48. The van der Waals surface area contributed by atoms with Gasteiger partial charge in [0.1, 0.15) is 0 Å². The Labute approximate surface area is 112 Å². The van der Waals surface area contributed by atoms with Crippen LogP contribution in [-0.4, -0.2) is 19.6 Å². The van der Waals surface area contributed by atoms with Gasteiger partial charge in [-0.25, -0.2) is 0 Å². The van der Waals surface area contributed by atoms with Crippen molar-refractivity contribution in [2.75, 3.05) is 18.5 Å². The molecule has 1 unspecified atom stereocenters. The van der Waals surface area contributed by atoms with Crippen LogP contribution in [0, 0.1) is 5.92 Å². The van der Waals surface area contributed by atoms with Crippen LogP contribution in [0.1, 0.15) is 39.7 Å². The van der Waals surface area contributed by atoms with Crippen LogP contribution < -0.4 is 10.2 Å². The first-order chi connectivity index (χ1) is 8.54. The van der Waals surface area contributed by atoms with Gasteiger partial charge in [-0.2, -0.15) is 0 Å². The van der Waals surface area contributed by atoms with E-state index in [1.165, 1.54) is 17.7 Å². The second kappa shape index (κ2) is 7.42. The maximum atomic E-state index is 3.47. The highest BCUT2D eigenvalue weighted by Gasteiger charge is 2.07. The zero-order valence-corrected chi connectivity index (χ0v) is 12.5. The lowest BCUT2D eigenvalue weighted by molar-refractivity contribution is 0.552. The van der Waals surface area contributed by atoms with Crippen molar-refractivity contribution < 1.29 is 0 Å². The summed E-state index contributed by atoms with van der Waals surface area (Å²) in [5.41, 5.74) is 2.66. The fourth-order valence-electron chi connectivity index (χ4n) is 1.88. The van der Waals surface area contributed by atoms with Gasteiger partial charge < -0.3 is 10.2 Å². The van der Waals surface area contributed by atoms with Crippen LogP contribution in [0.3, 0.4) is 0 Å². The van der Waals surface area contributed by atoms with E-state index in [0.29, 0.717) is 12.0 Å². The van der Waals surface area contributed by atoms with Gasteiger partial charge in [0, 0.05) is 25.3 Å². The molecule has 102 valence electrons. The van der Waals surface area contributed by atoms with Crippen LogP contribution in [0.15, 0.2) is 24.3 Å². The summed E-state index contributed by atoms with van der Waals surface area (Å²) in [6.45, 7) is 11.0. The number of benzene rings is 1. The van der Waals surface area contributed by atoms with Crippen molar-refractivity contribution in [2.24, 2.45) is 5.92 Å². The Kier molecular flexibility index (Phi) is 6.20. The van der Waals surface area contributed by atoms with Crippen molar-refractivity contribution in [1.29, 1.82) is 0 Å². The molecule has 0 amide bonds. The van der Waals surface area contributed by atoms with Gasteiger partial charge in [-0.05, 0) is 43.5 Å². The molecule has 1 N–H and O–H groups in total. The third-order valence-electron chi connectivity index (χ3n) is 3.48. The monoisotopic (exact) mass is 248 g/mol. The molecule has 0 bridgehead atoms. The molecule has 0 aromatic heterocycles. The van der Waals surface area contributed by atoms with Crippen molar-refractivity contribution in [2.45, 2.75) is 46.7 Å². The molecule has 0 aliphatic rings. The van der Waals surface area contributed by atoms with Crippen LogP contribution in [-0.2, 0) is 6.54 Å². The van der Waals surface area contributed by atoms with E-state index >= 15 is 0 Å². The first-order valence-electron chi connectivity index (χ1n) is 7.07. The van der Waals surface area contributed by atoms with Crippen LogP contribution >= 0.6 is 0 Å². The molecule has 1 rings (SSSR count). The van der Waals surface area contributed by atoms with Crippen molar-refractivity contribution >= 4 is 5.69 Å². The minimum atomic E-state index is 0.593. The average molecular weight is 248 g/mol. The molecule has 0 aliphatic heterocycles. The predicted molar refractivity (Wildman–Crippen MR) is 81.1 cm³/mol. The standard InChI is InChI=1S/C16H28N2/c1-6-14(4)18(5)16-9-7-15(8-10-16)12-17-11-13(2)3/h7-10,13-14,17H,6,11-12H2,1-5H3. The van der Waals surface area contributed by atoms with Crippen LogP contribution in [0.2, 0.25) is 0 Å². The molecule has 0 saturated carbocycles. The fraction of sp³-hybridized carbons (Fsp3) is 0.625. The van der Waals surface area contributed by atoms with Crippen molar-refractivity contribution in [1.82, 2.24) is 5.32 Å². The van der Waals surface area contributed by atoms with E-state index in [-0.39, 0.29) is 0 Å². The summed E-state index contributed by atoms with van der Waals surface area (Å²) in [5.74, 6) is 0.709. The summed E-state index contributed by atoms with van der Waals surface area (Å²) < 4.78 is 0. The molecule has 0 saturated heterocycles. The van der Waals surface area contributed by atoms with Crippen molar-refractivity contribution in [3.05, 3.63) is 29.8 Å². The normalized spacial score (nSPS) is 12.8.